The monoisotopic (exact) mass is 266 g/mol. The van der Waals surface area contributed by atoms with E-state index < -0.39 is 18.0 Å². The molecule has 0 bridgehead atoms. The van der Waals surface area contributed by atoms with Crippen LogP contribution in [0, 0.1) is 0 Å². The molecule has 0 saturated carbocycles. The molecule has 1 amide bonds. The summed E-state index contributed by atoms with van der Waals surface area (Å²) in [6.07, 6.45) is -1.07. The van der Waals surface area contributed by atoms with Crippen LogP contribution in [0.15, 0.2) is 18.2 Å². The van der Waals surface area contributed by atoms with Gasteiger partial charge < -0.3 is 25.3 Å². The van der Waals surface area contributed by atoms with Crippen molar-refractivity contribution in [1.29, 1.82) is 0 Å². The lowest BCUT2D eigenvalue weighted by atomic mass is 10.2. The predicted octanol–water partition coefficient (Wildman–Crippen LogP) is 1.89. The zero-order valence-corrected chi connectivity index (χ0v) is 11.2. The number of nitrogens with two attached hydrogens (primary N) is 1. The van der Waals surface area contributed by atoms with Gasteiger partial charge >= 0.3 is 6.09 Å². The number of anilines is 1. The third-order valence-corrected chi connectivity index (χ3v) is 2.30. The van der Waals surface area contributed by atoms with Crippen LogP contribution in [0.1, 0.15) is 20.8 Å². The lowest BCUT2D eigenvalue weighted by molar-refractivity contribution is 0.0301. The molecule has 104 valence electrons. The van der Waals surface area contributed by atoms with Crippen LogP contribution < -0.4 is 20.5 Å². The maximum absolute atomic E-state index is 11.5. The van der Waals surface area contributed by atoms with Gasteiger partial charge in [0.2, 0.25) is 0 Å². The molecule has 0 radical (unpaired) electrons. The number of fused-ring (bicyclic) bond motifs is 1. The van der Waals surface area contributed by atoms with E-state index in [0.29, 0.717) is 17.2 Å². The van der Waals surface area contributed by atoms with Crippen molar-refractivity contribution in [1.82, 2.24) is 5.32 Å². The summed E-state index contributed by atoms with van der Waals surface area (Å²) >= 11 is 0. The zero-order valence-electron chi connectivity index (χ0n) is 11.2. The van der Waals surface area contributed by atoms with Gasteiger partial charge in [0.15, 0.2) is 11.5 Å². The topological polar surface area (TPSA) is 82.8 Å². The summed E-state index contributed by atoms with van der Waals surface area (Å²) < 4.78 is 16.1. The number of nitrogens with one attached hydrogen (secondary N) is 1. The van der Waals surface area contributed by atoms with Crippen LogP contribution >= 0.6 is 0 Å². The molecule has 6 nitrogen and oxygen atoms in total. The quantitative estimate of drug-likeness (QED) is 0.799. The Labute approximate surface area is 111 Å². The first-order valence-corrected chi connectivity index (χ1v) is 6.03. The molecular weight excluding hydrogens is 248 g/mol. The second kappa shape index (κ2) is 4.87. The van der Waals surface area contributed by atoms with Crippen LogP contribution in [0.2, 0.25) is 0 Å². The lowest BCUT2D eigenvalue weighted by Gasteiger charge is -2.20. The molecule has 1 aliphatic heterocycles. The fourth-order valence-corrected chi connectivity index (χ4v) is 1.59. The Hall–Kier alpha value is -2.11. The minimum atomic E-state index is -0.565. The number of rotatable bonds is 2. The number of alkyl carbamates (subject to hydrolysis) is 1. The lowest BCUT2D eigenvalue weighted by Crippen LogP contribution is -2.39. The number of carbonyl (C=O) groups excluding carboxylic acids is 1. The third kappa shape index (κ3) is 3.67. The summed E-state index contributed by atoms with van der Waals surface area (Å²) in [6.45, 7) is 5.60. The molecule has 3 N–H and O–H groups in total. The summed E-state index contributed by atoms with van der Waals surface area (Å²) in [5.74, 6) is 1.20. The normalized spacial score (nSPS) is 17.1. The van der Waals surface area contributed by atoms with Crippen LogP contribution in [-0.2, 0) is 4.74 Å². The Morgan fingerprint density at radius 2 is 2.05 bits per heavy atom. The summed E-state index contributed by atoms with van der Waals surface area (Å²) in [4.78, 5) is 11.5. The van der Waals surface area contributed by atoms with Crippen molar-refractivity contribution in [2.45, 2.75) is 32.7 Å². The smallest absolute Gasteiger partial charge is 0.407 e. The van der Waals surface area contributed by atoms with E-state index in [-0.39, 0.29) is 6.54 Å². The summed E-state index contributed by atoms with van der Waals surface area (Å²) in [7, 11) is 0. The molecule has 0 fully saturated rings. The van der Waals surface area contributed by atoms with Gasteiger partial charge in [-0.3, -0.25) is 0 Å². The first-order chi connectivity index (χ1) is 8.83. The van der Waals surface area contributed by atoms with Crippen molar-refractivity contribution < 1.29 is 19.0 Å². The van der Waals surface area contributed by atoms with Crippen LogP contribution in [0.5, 0.6) is 11.5 Å². The average Bonchev–Trinajstić information content (AvgIpc) is 2.66. The van der Waals surface area contributed by atoms with Crippen molar-refractivity contribution in [3.05, 3.63) is 18.2 Å². The van der Waals surface area contributed by atoms with Gasteiger partial charge in [-0.1, -0.05) is 0 Å². The summed E-state index contributed by atoms with van der Waals surface area (Å²) in [5.41, 5.74) is 5.71. The van der Waals surface area contributed by atoms with E-state index in [1.165, 1.54) is 0 Å². The molecular formula is C13H18N2O4. The molecule has 1 aliphatic rings. The molecule has 0 spiro atoms. The minimum absolute atomic E-state index is 0.198. The number of ether oxygens (including phenoxy) is 3. The van der Waals surface area contributed by atoms with Crippen molar-refractivity contribution in [2.75, 3.05) is 12.3 Å². The van der Waals surface area contributed by atoms with Gasteiger partial charge in [0.05, 0.1) is 6.54 Å². The summed E-state index contributed by atoms with van der Waals surface area (Å²) in [6, 6.07) is 5.15. The molecule has 1 atom stereocenters. The third-order valence-electron chi connectivity index (χ3n) is 2.30. The number of hydrogen-bond donors (Lipinski definition) is 2. The fourth-order valence-electron chi connectivity index (χ4n) is 1.59. The SMILES string of the molecule is CC(C)(C)OC(=O)NCC1Oc2ccc(N)cc2O1. The highest BCUT2D eigenvalue weighted by Crippen LogP contribution is 2.35. The first kappa shape index (κ1) is 13.3. The molecule has 0 aliphatic carbocycles. The number of hydrogen-bond acceptors (Lipinski definition) is 5. The van der Waals surface area contributed by atoms with Crippen LogP contribution in [-0.4, -0.2) is 24.5 Å². The van der Waals surface area contributed by atoms with E-state index in [0.717, 1.165) is 0 Å². The average molecular weight is 266 g/mol. The van der Waals surface area contributed by atoms with Gasteiger partial charge in [0, 0.05) is 11.8 Å². The van der Waals surface area contributed by atoms with Crippen LogP contribution in [0.4, 0.5) is 10.5 Å². The van der Waals surface area contributed by atoms with E-state index in [9.17, 15) is 4.79 Å². The van der Waals surface area contributed by atoms with Gasteiger partial charge in [0.1, 0.15) is 5.60 Å². The van der Waals surface area contributed by atoms with E-state index in [1.54, 1.807) is 39.0 Å². The molecule has 1 aromatic rings. The molecule has 0 aromatic heterocycles. The maximum Gasteiger partial charge on any atom is 0.407 e. The van der Waals surface area contributed by atoms with Crippen LogP contribution in [0.25, 0.3) is 0 Å². The Kier molecular flexibility index (Phi) is 3.42. The molecule has 2 rings (SSSR count). The summed E-state index contributed by atoms with van der Waals surface area (Å²) in [5, 5.41) is 2.59. The molecule has 1 unspecified atom stereocenters. The molecule has 1 heterocycles. The van der Waals surface area contributed by atoms with E-state index in [2.05, 4.69) is 5.32 Å². The van der Waals surface area contributed by atoms with Gasteiger partial charge in [-0.25, -0.2) is 4.79 Å². The van der Waals surface area contributed by atoms with Gasteiger partial charge in [-0.05, 0) is 32.9 Å². The largest absolute Gasteiger partial charge is 0.449 e. The van der Waals surface area contributed by atoms with Gasteiger partial charge in [-0.2, -0.15) is 0 Å². The first-order valence-electron chi connectivity index (χ1n) is 6.03. The zero-order chi connectivity index (χ0) is 14.0. The maximum atomic E-state index is 11.5. The Bertz CT molecular complexity index is 482. The number of benzene rings is 1. The second-order valence-electron chi connectivity index (χ2n) is 5.25. The number of nitrogen functional groups attached to an aromatic ring is 1. The van der Waals surface area contributed by atoms with E-state index >= 15 is 0 Å². The standard InChI is InChI=1S/C13H18N2O4/c1-13(2,3)19-12(16)15-7-11-17-9-5-4-8(14)6-10(9)18-11/h4-6,11H,7,14H2,1-3H3,(H,15,16). The van der Waals surface area contributed by atoms with Crippen molar-refractivity contribution in [2.24, 2.45) is 0 Å². The van der Waals surface area contributed by atoms with Gasteiger partial charge in [0.25, 0.3) is 6.29 Å². The van der Waals surface area contributed by atoms with E-state index in [4.69, 9.17) is 19.9 Å². The van der Waals surface area contributed by atoms with Crippen LogP contribution in [0.3, 0.4) is 0 Å². The number of amides is 1. The highest BCUT2D eigenvalue weighted by Gasteiger charge is 2.25. The van der Waals surface area contributed by atoms with Crippen molar-refractivity contribution >= 4 is 11.8 Å². The minimum Gasteiger partial charge on any atom is -0.449 e. The molecule has 6 heteroatoms. The Morgan fingerprint density at radius 1 is 1.37 bits per heavy atom. The fraction of sp³-hybridized carbons (Fsp3) is 0.462. The second-order valence-corrected chi connectivity index (χ2v) is 5.25. The van der Waals surface area contributed by atoms with Crippen molar-refractivity contribution in [3.8, 4) is 11.5 Å². The van der Waals surface area contributed by atoms with Crippen molar-refractivity contribution in [3.63, 3.8) is 0 Å². The highest BCUT2D eigenvalue weighted by atomic mass is 16.7. The highest BCUT2D eigenvalue weighted by molar-refractivity contribution is 5.67. The predicted molar refractivity (Wildman–Crippen MR) is 70.1 cm³/mol. The molecule has 1 aromatic carbocycles. The Balaban J connectivity index is 1.83. The van der Waals surface area contributed by atoms with E-state index in [1.807, 2.05) is 0 Å². The molecule has 19 heavy (non-hydrogen) atoms. The number of carbonyl (C=O) groups is 1. The van der Waals surface area contributed by atoms with Gasteiger partial charge in [-0.15, -0.1) is 0 Å². The Morgan fingerprint density at radius 3 is 2.74 bits per heavy atom. The molecule has 0 saturated heterocycles.